The average molecular weight is 199 g/mol. The van der Waals surface area contributed by atoms with E-state index in [0.29, 0.717) is 5.78 Å². The highest BCUT2D eigenvalue weighted by molar-refractivity contribution is 6.62. The highest BCUT2D eigenvalue weighted by Crippen LogP contribution is 2.09. The number of hydrogen-bond donors (Lipinski definition) is 0. The molecule has 0 aliphatic rings. The zero-order valence-corrected chi connectivity index (χ0v) is 10.4. The number of carbonyl (C=O) groups is 1. The minimum absolute atomic E-state index is 0.309. The van der Waals surface area contributed by atoms with Crippen LogP contribution in [0.4, 0.5) is 0 Å². The fourth-order valence-electron chi connectivity index (χ4n) is 1.44. The maximum absolute atomic E-state index is 11.5. The van der Waals surface area contributed by atoms with Gasteiger partial charge < -0.3 is 4.79 Å². The number of carbonyl (C=O) groups excluding carboxylic acids is 1. The van der Waals surface area contributed by atoms with Crippen LogP contribution in [-0.2, 0) is 4.79 Å². The summed E-state index contributed by atoms with van der Waals surface area (Å²) >= 11 is 0. The van der Waals surface area contributed by atoms with Crippen molar-refractivity contribution < 1.29 is 4.79 Å². The molecule has 0 aromatic heterocycles. The van der Waals surface area contributed by atoms with E-state index in [-0.39, 0.29) is 8.80 Å². The highest BCUT2D eigenvalue weighted by atomic mass is 28.3. The van der Waals surface area contributed by atoms with Gasteiger partial charge in [-0.3, -0.25) is 0 Å². The molecule has 0 bridgehead atoms. The molecule has 1 radical (unpaired) electrons. The quantitative estimate of drug-likeness (QED) is 0.430. The van der Waals surface area contributed by atoms with E-state index in [1.807, 2.05) is 0 Å². The Bertz CT molecular complexity index is 130. The Labute approximate surface area is 84.5 Å². The zero-order chi connectivity index (χ0) is 10.1. The van der Waals surface area contributed by atoms with E-state index in [1.54, 1.807) is 0 Å². The van der Waals surface area contributed by atoms with E-state index >= 15 is 0 Å². The molecule has 0 aromatic carbocycles. The molecule has 0 heterocycles. The van der Waals surface area contributed by atoms with Crippen LogP contribution in [0.15, 0.2) is 0 Å². The van der Waals surface area contributed by atoms with Gasteiger partial charge in [-0.25, -0.2) is 0 Å². The summed E-state index contributed by atoms with van der Waals surface area (Å²) in [5.41, 5.74) is 0. The summed E-state index contributed by atoms with van der Waals surface area (Å²) in [5, 5.41) is 0. The average Bonchev–Trinajstić information content (AvgIpc) is 2.14. The predicted molar refractivity (Wildman–Crippen MR) is 60.7 cm³/mol. The van der Waals surface area contributed by atoms with Crippen molar-refractivity contribution in [1.29, 1.82) is 0 Å². The van der Waals surface area contributed by atoms with Crippen LogP contribution in [0.5, 0.6) is 0 Å². The summed E-state index contributed by atoms with van der Waals surface area (Å²) in [7, 11) is -0.309. The minimum Gasteiger partial charge on any atom is -0.300 e. The first-order valence-corrected chi connectivity index (χ1v) is 7.71. The second-order valence-electron chi connectivity index (χ2n) is 3.63. The SMILES string of the molecule is CCCCCC(=O)C[Si](CC)CC. The first-order valence-electron chi connectivity index (χ1n) is 5.59. The van der Waals surface area contributed by atoms with Gasteiger partial charge in [0.1, 0.15) is 5.78 Å². The van der Waals surface area contributed by atoms with Gasteiger partial charge in [-0.1, -0.05) is 45.7 Å². The number of rotatable bonds is 8. The summed E-state index contributed by atoms with van der Waals surface area (Å²) in [5.74, 6) is 0.519. The molecule has 0 saturated heterocycles. The molecule has 0 N–H and O–H groups in total. The Hall–Kier alpha value is -0.113. The largest absolute Gasteiger partial charge is 0.300 e. The van der Waals surface area contributed by atoms with Crippen molar-refractivity contribution in [2.45, 2.75) is 64.6 Å². The first-order chi connectivity index (χ1) is 6.24. The molecule has 0 fully saturated rings. The van der Waals surface area contributed by atoms with E-state index in [4.69, 9.17) is 0 Å². The normalized spacial score (nSPS) is 10.8. The van der Waals surface area contributed by atoms with Gasteiger partial charge in [0.15, 0.2) is 0 Å². The maximum Gasteiger partial charge on any atom is 0.130 e. The Morgan fingerprint density at radius 3 is 2.15 bits per heavy atom. The Kier molecular flexibility index (Phi) is 8.41. The third kappa shape index (κ3) is 7.00. The van der Waals surface area contributed by atoms with Crippen molar-refractivity contribution in [3.8, 4) is 0 Å². The molecule has 0 amide bonds. The van der Waals surface area contributed by atoms with Crippen molar-refractivity contribution >= 4 is 14.6 Å². The molecule has 13 heavy (non-hydrogen) atoms. The number of hydrogen-bond acceptors (Lipinski definition) is 1. The van der Waals surface area contributed by atoms with E-state index < -0.39 is 0 Å². The molecule has 0 aliphatic carbocycles. The molecule has 0 unspecified atom stereocenters. The van der Waals surface area contributed by atoms with Crippen molar-refractivity contribution in [3.05, 3.63) is 0 Å². The van der Waals surface area contributed by atoms with Gasteiger partial charge in [0.25, 0.3) is 0 Å². The van der Waals surface area contributed by atoms with Gasteiger partial charge >= 0.3 is 0 Å². The Morgan fingerprint density at radius 1 is 1.08 bits per heavy atom. The molecule has 0 aliphatic heterocycles. The van der Waals surface area contributed by atoms with Crippen molar-refractivity contribution in [1.82, 2.24) is 0 Å². The fourth-order valence-corrected chi connectivity index (χ4v) is 3.17. The molecular weight excluding hydrogens is 176 g/mol. The van der Waals surface area contributed by atoms with Crippen LogP contribution < -0.4 is 0 Å². The monoisotopic (exact) mass is 199 g/mol. The second kappa shape index (κ2) is 8.48. The van der Waals surface area contributed by atoms with Gasteiger partial charge in [0, 0.05) is 6.42 Å². The van der Waals surface area contributed by atoms with Crippen molar-refractivity contribution in [2.75, 3.05) is 0 Å². The molecule has 1 nitrogen and oxygen atoms in total. The minimum atomic E-state index is -0.309. The Balaban J connectivity index is 3.48. The molecule has 0 rings (SSSR count). The summed E-state index contributed by atoms with van der Waals surface area (Å²) in [6.07, 6.45) is 4.37. The maximum atomic E-state index is 11.5. The third-order valence-corrected chi connectivity index (χ3v) is 5.40. The molecule has 0 saturated carbocycles. The van der Waals surface area contributed by atoms with E-state index in [9.17, 15) is 4.79 Å². The number of Topliss-reactive ketones (excluding diaryl/α,β-unsaturated/α-hetero) is 1. The molecular formula is C11H23OSi. The summed E-state index contributed by atoms with van der Waals surface area (Å²) < 4.78 is 0. The van der Waals surface area contributed by atoms with Gasteiger partial charge in [-0.2, -0.15) is 0 Å². The van der Waals surface area contributed by atoms with Gasteiger partial charge in [-0.05, 0) is 12.5 Å². The lowest BCUT2D eigenvalue weighted by Crippen LogP contribution is -2.14. The van der Waals surface area contributed by atoms with E-state index in [0.717, 1.165) is 18.9 Å². The molecule has 0 atom stereocenters. The third-order valence-electron chi connectivity index (χ3n) is 2.51. The lowest BCUT2D eigenvalue weighted by molar-refractivity contribution is -0.117. The van der Waals surface area contributed by atoms with Crippen LogP contribution in [0.1, 0.15) is 46.5 Å². The van der Waals surface area contributed by atoms with Crippen LogP contribution in [0.25, 0.3) is 0 Å². The smallest absolute Gasteiger partial charge is 0.130 e. The highest BCUT2D eigenvalue weighted by Gasteiger charge is 2.10. The lowest BCUT2D eigenvalue weighted by atomic mass is 10.1. The van der Waals surface area contributed by atoms with Crippen molar-refractivity contribution in [2.24, 2.45) is 0 Å². The molecule has 2 heteroatoms. The topological polar surface area (TPSA) is 17.1 Å². The zero-order valence-electron chi connectivity index (χ0n) is 9.36. The van der Waals surface area contributed by atoms with Gasteiger partial charge in [0.05, 0.1) is 8.80 Å². The van der Waals surface area contributed by atoms with Gasteiger partial charge in [0.2, 0.25) is 0 Å². The van der Waals surface area contributed by atoms with E-state index in [1.165, 1.54) is 24.9 Å². The van der Waals surface area contributed by atoms with Crippen LogP contribution in [0.2, 0.25) is 18.1 Å². The molecule has 77 valence electrons. The van der Waals surface area contributed by atoms with Crippen LogP contribution in [0.3, 0.4) is 0 Å². The first kappa shape index (κ1) is 12.9. The van der Waals surface area contributed by atoms with Crippen LogP contribution in [-0.4, -0.2) is 14.6 Å². The molecule has 0 aromatic rings. The van der Waals surface area contributed by atoms with E-state index in [2.05, 4.69) is 20.8 Å². The number of unbranched alkanes of at least 4 members (excludes halogenated alkanes) is 2. The number of ketones is 1. The molecule has 0 spiro atoms. The summed E-state index contributed by atoms with van der Waals surface area (Å²) in [6.45, 7) is 6.62. The van der Waals surface area contributed by atoms with Crippen molar-refractivity contribution in [3.63, 3.8) is 0 Å². The van der Waals surface area contributed by atoms with Gasteiger partial charge in [-0.15, -0.1) is 0 Å². The lowest BCUT2D eigenvalue weighted by Gasteiger charge is -2.08. The predicted octanol–water partition coefficient (Wildman–Crippen LogP) is 3.67. The summed E-state index contributed by atoms with van der Waals surface area (Å²) in [6, 6.07) is 3.42. The van der Waals surface area contributed by atoms with Crippen LogP contribution >= 0.6 is 0 Å². The fraction of sp³-hybridized carbons (Fsp3) is 0.909. The Morgan fingerprint density at radius 2 is 1.69 bits per heavy atom. The summed E-state index contributed by atoms with van der Waals surface area (Å²) in [4.78, 5) is 11.5. The second-order valence-corrected chi connectivity index (χ2v) is 6.90. The standard InChI is InChI=1S/C11H23OSi/c1-4-7-8-9-11(12)10-13(5-2)6-3/h4-10H2,1-3H3. The van der Waals surface area contributed by atoms with Crippen LogP contribution in [0, 0.1) is 0 Å².